The Labute approximate surface area is 215 Å². The van der Waals surface area contributed by atoms with Gasteiger partial charge < -0.3 is 0 Å². The first kappa shape index (κ1) is 26.8. The van der Waals surface area contributed by atoms with Crippen LogP contribution in [-0.4, -0.2) is 0 Å². The Bertz CT molecular complexity index is 1340. The zero-order valence-electron chi connectivity index (χ0n) is 21.0. The van der Waals surface area contributed by atoms with Crippen LogP contribution in [0.15, 0.2) is 72.8 Å². The average molecular weight is 511 g/mol. The van der Waals surface area contributed by atoms with E-state index in [1.54, 1.807) is 36.4 Å². The molecule has 0 nitrogen and oxygen atoms in total. The zero-order valence-corrected chi connectivity index (χ0v) is 21.0. The predicted molar refractivity (Wildman–Crippen MR) is 141 cm³/mol. The van der Waals surface area contributed by atoms with Gasteiger partial charge in [-0.05, 0) is 77.6 Å². The summed E-state index contributed by atoms with van der Waals surface area (Å²) in [5, 5.41) is 1.12. The molecule has 0 atom stereocenters. The first-order valence-electron chi connectivity index (χ1n) is 12.9. The van der Waals surface area contributed by atoms with Gasteiger partial charge in [-0.3, -0.25) is 0 Å². The lowest BCUT2D eigenvalue weighted by Crippen LogP contribution is -2.04. The summed E-state index contributed by atoms with van der Waals surface area (Å²) in [4.78, 5) is 0. The standard InChI is InChI=1S/C32H31F5/c1-2-3-4-5-6-7-23-11-18-28(30(33)20-23)25-15-19-29-26(21-25)14-13-24(31(29)34)12-8-22-9-16-27(17-10-22)32(35,36)37/h9-11,13-21H,2-8,12H2,1H3. The summed E-state index contributed by atoms with van der Waals surface area (Å²) >= 11 is 0. The molecule has 0 saturated heterocycles. The van der Waals surface area contributed by atoms with Crippen molar-refractivity contribution in [3.63, 3.8) is 0 Å². The lowest BCUT2D eigenvalue weighted by atomic mass is 9.96. The highest BCUT2D eigenvalue weighted by molar-refractivity contribution is 5.88. The van der Waals surface area contributed by atoms with Crippen molar-refractivity contribution in [1.82, 2.24) is 0 Å². The van der Waals surface area contributed by atoms with E-state index in [0.29, 0.717) is 45.9 Å². The van der Waals surface area contributed by atoms with E-state index < -0.39 is 11.7 Å². The molecular formula is C32H31F5. The number of hydrogen-bond donors (Lipinski definition) is 0. The van der Waals surface area contributed by atoms with Crippen molar-refractivity contribution in [3.05, 3.63) is 107 Å². The van der Waals surface area contributed by atoms with E-state index in [2.05, 4.69) is 6.92 Å². The van der Waals surface area contributed by atoms with Crippen LogP contribution in [0.1, 0.15) is 61.3 Å². The van der Waals surface area contributed by atoms with Crippen LogP contribution in [0.5, 0.6) is 0 Å². The van der Waals surface area contributed by atoms with Gasteiger partial charge in [0.05, 0.1) is 5.56 Å². The van der Waals surface area contributed by atoms with Gasteiger partial charge in [-0.2, -0.15) is 13.2 Å². The summed E-state index contributed by atoms with van der Waals surface area (Å²) in [6.45, 7) is 2.18. The van der Waals surface area contributed by atoms with Crippen molar-refractivity contribution in [1.29, 1.82) is 0 Å². The quantitative estimate of drug-likeness (QED) is 0.147. The fraction of sp³-hybridized carbons (Fsp3) is 0.312. The summed E-state index contributed by atoms with van der Waals surface area (Å²) in [6, 6.07) is 19.0. The molecule has 4 rings (SSSR count). The molecule has 0 aliphatic carbocycles. The van der Waals surface area contributed by atoms with Crippen LogP contribution in [0.2, 0.25) is 0 Å². The largest absolute Gasteiger partial charge is 0.416 e. The Morgan fingerprint density at radius 1 is 0.649 bits per heavy atom. The second kappa shape index (κ2) is 11.9. The lowest BCUT2D eigenvalue weighted by molar-refractivity contribution is -0.137. The van der Waals surface area contributed by atoms with Gasteiger partial charge in [-0.25, -0.2) is 8.78 Å². The molecule has 0 radical (unpaired) electrons. The summed E-state index contributed by atoms with van der Waals surface area (Å²) in [6.07, 6.45) is 3.12. The molecule has 0 aliphatic heterocycles. The zero-order chi connectivity index (χ0) is 26.4. The molecule has 4 aromatic carbocycles. The molecule has 0 N–H and O–H groups in total. The van der Waals surface area contributed by atoms with Crippen molar-refractivity contribution < 1.29 is 22.0 Å². The number of rotatable bonds is 10. The molecular weight excluding hydrogens is 479 g/mol. The minimum Gasteiger partial charge on any atom is -0.206 e. The third-order valence-electron chi connectivity index (χ3n) is 6.91. The molecule has 0 aliphatic rings. The van der Waals surface area contributed by atoms with E-state index in [4.69, 9.17) is 0 Å². The van der Waals surface area contributed by atoms with Crippen LogP contribution in [0, 0.1) is 11.6 Å². The molecule has 37 heavy (non-hydrogen) atoms. The van der Waals surface area contributed by atoms with Crippen molar-refractivity contribution >= 4 is 10.8 Å². The smallest absolute Gasteiger partial charge is 0.206 e. The maximum Gasteiger partial charge on any atom is 0.416 e. The van der Waals surface area contributed by atoms with Crippen LogP contribution < -0.4 is 0 Å². The fourth-order valence-corrected chi connectivity index (χ4v) is 4.72. The lowest BCUT2D eigenvalue weighted by Gasteiger charge is -2.11. The van der Waals surface area contributed by atoms with Gasteiger partial charge in [0.1, 0.15) is 11.6 Å². The van der Waals surface area contributed by atoms with Gasteiger partial charge in [0.25, 0.3) is 0 Å². The van der Waals surface area contributed by atoms with Gasteiger partial charge >= 0.3 is 6.18 Å². The maximum atomic E-state index is 15.2. The van der Waals surface area contributed by atoms with E-state index in [0.717, 1.165) is 37.0 Å². The van der Waals surface area contributed by atoms with Gasteiger partial charge in [0, 0.05) is 10.9 Å². The van der Waals surface area contributed by atoms with E-state index >= 15 is 4.39 Å². The fourth-order valence-electron chi connectivity index (χ4n) is 4.72. The van der Waals surface area contributed by atoms with Crippen LogP contribution >= 0.6 is 0 Å². The van der Waals surface area contributed by atoms with Crippen LogP contribution in [0.4, 0.5) is 22.0 Å². The van der Waals surface area contributed by atoms with Crippen molar-refractivity contribution in [2.45, 2.75) is 64.5 Å². The van der Waals surface area contributed by atoms with Crippen molar-refractivity contribution in [2.24, 2.45) is 0 Å². The minimum absolute atomic E-state index is 0.279. The minimum atomic E-state index is -4.37. The number of fused-ring (bicyclic) bond motifs is 1. The topological polar surface area (TPSA) is 0 Å². The number of alkyl halides is 3. The Kier molecular flexibility index (Phi) is 8.63. The highest BCUT2D eigenvalue weighted by Crippen LogP contribution is 2.31. The van der Waals surface area contributed by atoms with E-state index in [9.17, 15) is 17.6 Å². The van der Waals surface area contributed by atoms with Crippen molar-refractivity contribution in [2.75, 3.05) is 0 Å². The summed E-state index contributed by atoms with van der Waals surface area (Å²) in [5.74, 6) is -0.631. The highest BCUT2D eigenvalue weighted by Gasteiger charge is 2.29. The van der Waals surface area contributed by atoms with Crippen LogP contribution in [0.3, 0.4) is 0 Å². The number of halogens is 5. The molecule has 0 amide bonds. The van der Waals surface area contributed by atoms with Crippen LogP contribution in [-0.2, 0) is 25.4 Å². The number of hydrogen-bond acceptors (Lipinski definition) is 0. The number of aryl methyl sites for hydroxylation is 3. The van der Waals surface area contributed by atoms with Crippen LogP contribution in [0.25, 0.3) is 21.9 Å². The Balaban J connectivity index is 1.45. The number of unbranched alkanes of at least 4 members (excludes halogenated alkanes) is 4. The summed E-state index contributed by atoms with van der Waals surface area (Å²) in [5.41, 5.74) is 2.68. The third-order valence-corrected chi connectivity index (χ3v) is 6.91. The summed E-state index contributed by atoms with van der Waals surface area (Å²) in [7, 11) is 0. The molecule has 4 aromatic rings. The van der Waals surface area contributed by atoms with Crippen molar-refractivity contribution in [3.8, 4) is 11.1 Å². The molecule has 0 spiro atoms. The second-order valence-electron chi connectivity index (χ2n) is 9.65. The summed E-state index contributed by atoms with van der Waals surface area (Å²) < 4.78 is 68.4. The second-order valence-corrected chi connectivity index (χ2v) is 9.65. The molecule has 0 fully saturated rings. The van der Waals surface area contributed by atoms with Gasteiger partial charge in [0.2, 0.25) is 0 Å². The van der Waals surface area contributed by atoms with Gasteiger partial charge in [-0.15, -0.1) is 0 Å². The Hall–Kier alpha value is -3.21. The first-order valence-corrected chi connectivity index (χ1v) is 12.9. The molecule has 0 bridgehead atoms. The van der Waals surface area contributed by atoms with E-state index in [1.165, 1.54) is 31.4 Å². The molecule has 0 heterocycles. The monoisotopic (exact) mass is 510 g/mol. The SMILES string of the molecule is CCCCCCCc1ccc(-c2ccc3c(F)c(CCc4ccc(C(F)(F)F)cc4)ccc3c2)c(F)c1. The molecule has 0 unspecified atom stereocenters. The molecule has 0 saturated carbocycles. The van der Waals surface area contributed by atoms with Gasteiger partial charge in [-0.1, -0.05) is 81.1 Å². The average Bonchev–Trinajstić information content (AvgIpc) is 2.88. The Morgan fingerprint density at radius 2 is 1.38 bits per heavy atom. The normalized spacial score (nSPS) is 11.8. The highest BCUT2D eigenvalue weighted by atomic mass is 19.4. The first-order chi connectivity index (χ1) is 17.8. The van der Waals surface area contributed by atoms with Gasteiger partial charge in [0.15, 0.2) is 0 Å². The maximum absolute atomic E-state index is 15.2. The predicted octanol–water partition coefficient (Wildman–Crippen LogP) is 10.1. The number of benzene rings is 4. The molecule has 5 heteroatoms. The van der Waals surface area contributed by atoms with E-state index in [-0.39, 0.29) is 11.6 Å². The Morgan fingerprint density at radius 3 is 2.08 bits per heavy atom. The third kappa shape index (κ3) is 6.76. The molecule has 0 aromatic heterocycles. The molecule has 194 valence electrons. The van der Waals surface area contributed by atoms with E-state index in [1.807, 2.05) is 12.1 Å².